The Kier molecular flexibility index (Phi) is 3.94. The van der Waals surface area contributed by atoms with E-state index in [1.54, 1.807) is 13.2 Å². The Morgan fingerprint density at radius 1 is 1.13 bits per heavy atom. The van der Waals surface area contributed by atoms with Crippen LogP contribution in [0.3, 0.4) is 0 Å². The van der Waals surface area contributed by atoms with E-state index >= 15 is 0 Å². The fourth-order valence-electron chi connectivity index (χ4n) is 2.91. The van der Waals surface area contributed by atoms with Crippen LogP contribution in [0.4, 0.5) is 4.39 Å². The van der Waals surface area contributed by atoms with E-state index in [4.69, 9.17) is 9.47 Å². The van der Waals surface area contributed by atoms with Gasteiger partial charge in [0.1, 0.15) is 5.75 Å². The summed E-state index contributed by atoms with van der Waals surface area (Å²) in [5.41, 5.74) is 3.87. The number of aromatic amines is 1. The summed E-state index contributed by atoms with van der Waals surface area (Å²) in [7, 11) is 3.01. The zero-order valence-corrected chi connectivity index (χ0v) is 13.7. The molecule has 1 N–H and O–H groups in total. The lowest BCUT2D eigenvalue weighted by Crippen LogP contribution is -1.98. The maximum atomic E-state index is 14.8. The second-order valence-corrected chi connectivity index (χ2v) is 5.38. The van der Waals surface area contributed by atoms with Gasteiger partial charge in [-0.3, -0.25) is 5.10 Å². The largest absolute Gasteiger partial charge is 0.496 e. The van der Waals surface area contributed by atoms with Crippen molar-refractivity contribution in [2.45, 2.75) is 20.3 Å². The van der Waals surface area contributed by atoms with E-state index in [0.717, 1.165) is 34.1 Å². The third-order valence-corrected chi connectivity index (χ3v) is 4.15. The van der Waals surface area contributed by atoms with Gasteiger partial charge < -0.3 is 9.47 Å². The first-order chi connectivity index (χ1) is 11.1. The first kappa shape index (κ1) is 15.3. The molecule has 3 aromatic rings. The molecule has 0 radical (unpaired) electrons. The zero-order chi connectivity index (χ0) is 16.6. The summed E-state index contributed by atoms with van der Waals surface area (Å²) in [4.78, 5) is 0. The van der Waals surface area contributed by atoms with Crippen LogP contribution >= 0.6 is 0 Å². The number of nitrogens with zero attached hydrogens (tertiary/aromatic N) is 1. The Bertz CT molecular complexity index is 843. The van der Waals surface area contributed by atoms with Crippen molar-refractivity contribution in [1.29, 1.82) is 0 Å². The number of ether oxygens (including phenoxy) is 2. The number of aryl methyl sites for hydroxylation is 1. The van der Waals surface area contributed by atoms with Gasteiger partial charge in [0.15, 0.2) is 11.6 Å². The van der Waals surface area contributed by atoms with Crippen LogP contribution in [0.25, 0.3) is 22.0 Å². The van der Waals surface area contributed by atoms with Crippen molar-refractivity contribution in [2.75, 3.05) is 14.2 Å². The Balaban J connectivity index is 2.25. The highest BCUT2D eigenvalue weighted by Crippen LogP contribution is 2.39. The molecule has 1 aromatic heterocycles. The molecule has 0 saturated carbocycles. The van der Waals surface area contributed by atoms with Crippen LogP contribution in [0, 0.1) is 12.7 Å². The van der Waals surface area contributed by atoms with E-state index in [1.165, 1.54) is 7.11 Å². The predicted octanol–water partition coefficient (Wildman–Crippen LogP) is 4.26. The highest BCUT2D eigenvalue weighted by atomic mass is 19.1. The molecule has 4 nitrogen and oxygen atoms in total. The molecule has 0 aliphatic heterocycles. The van der Waals surface area contributed by atoms with Gasteiger partial charge >= 0.3 is 0 Å². The average Bonchev–Trinajstić information content (AvgIpc) is 2.97. The van der Waals surface area contributed by atoms with Gasteiger partial charge in [-0.05, 0) is 25.0 Å². The van der Waals surface area contributed by atoms with Crippen LogP contribution in [-0.4, -0.2) is 24.4 Å². The molecule has 0 unspecified atom stereocenters. The second-order valence-electron chi connectivity index (χ2n) is 5.38. The van der Waals surface area contributed by atoms with Gasteiger partial charge in [-0.15, -0.1) is 0 Å². The number of benzene rings is 2. The summed E-state index contributed by atoms with van der Waals surface area (Å²) in [5.74, 6) is 0.374. The number of hydrogen-bond donors (Lipinski definition) is 1. The number of aromatic nitrogens is 2. The highest BCUT2D eigenvalue weighted by molar-refractivity contribution is 5.87. The number of H-pyrrole nitrogens is 1. The molecule has 0 amide bonds. The molecule has 120 valence electrons. The molecule has 0 aliphatic rings. The van der Waals surface area contributed by atoms with Crippen molar-refractivity contribution in [1.82, 2.24) is 10.2 Å². The fourth-order valence-corrected chi connectivity index (χ4v) is 2.91. The smallest absolute Gasteiger partial charge is 0.173 e. The summed E-state index contributed by atoms with van der Waals surface area (Å²) in [6.07, 6.45) is 0.847. The summed E-state index contributed by atoms with van der Waals surface area (Å²) in [6.45, 7) is 3.89. The molecule has 0 saturated heterocycles. The molecule has 0 aliphatic carbocycles. The van der Waals surface area contributed by atoms with Crippen molar-refractivity contribution in [3.05, 3.63) is 41.3 Å². The molecule has 0 bridgehead atoms. The van der Waals surface area contributed by atoms with Crippen LogP contribution in [0.15, 0.2) is 24.3 Å². The number of nitrogens with one attached hydrogen (secondary N) is 1. The van der Waals surface area contributed by atoms with Crippen molar-refractivity contribution in [3.8, 4) is 22.6 Å². The van der Waals surface area contributed by atoms with E-state index in [-0.39, 0.29) is 11.6 Å². The van der Waals surface area contributed by atoms with E-state index in [0.29, 0.717) is 11.3 Å². The van der Waals surface area contributed by atoms with Crippen LogP contribution in [0.2, 0.25) is 0 Å². The lowest BCUT2D eigenvalue weighted by molar-refractivity contribution is 0.373. The summed E-state index contributed by atoms with van der Waals surface area (Å²) >= 11 is 0. The number of hydrogen-bond acceptors (Lipinski definition) is 3. The second kappa shape index (κ2) is 5.91. The minimum Gasteiger partial charge on any atom is -0.496 e. The maximum Gasteiger partial charge on any atom is 0.173 e. The highest BCUT2D eigenvalue weighted by Gasteiger charge is 2.19. The van der Waals surface area contributed by atoms with E-state index in [9.17, 15) is 4.39 Å². The molecular weight excluding hydrogens is 295 g/mol. The number of rotatable bonds is 4. The van der Waals surface area contributed by atoms with E-state index < -0.39 is 0 Å². The van der Waals surface area contributed by atoms with Crippen LogP contribution in [-0.2, 0) is 6.42 Å². The van der Waals surface area contributed by atoms with Crippen molar-refractivity contribution in [2.24, 2.45) is 0 Å². The molecule has 0 spiro atoms. The molecule has 3 rings (SSSR count). The minimum absolute atomic E-state index is 0.168. The molecule has 5 heteroatoms. The number of fused-ring (bicyclic) bond motifs is 1. The van der Waals surface area contributed by atoms with Gasteiger partial charge in [0.05, 0.1) is 25.4 Å². The van der Waals surface area contributed by atoms with Crippen LogP contribution in [0.1, 0.15) is 18.2 Å². The maximum absolute atomic E-state index is 14.8. The zero-order valence-electron chi connectivity index (χ0n) is 13.7. The monoisotopic (exact) mass is 314 g/mol. The molecule has 1 heterocycles. The lowest BCUT2D eigenvalue weighted by Gasteiger charge is -2.15. The van der Waals surface area contributed by atoms with Gasteiger partial charge in [-0.1, -0.05) is 19.1 Å². The van der Waals surface area contributed by atoms with Gasteiger partial charge in [-0.25, -0.2) is 4.39 Å². The van der Waals surface area contributed by atoms with Gasteiger partial charge in [0.2, 0.25) is 0 Å². The standard InChI is InChI=1S/C18H19FN2O2/c1-5-13-12-7-6-11(8-14(12)21-20-13)17-10(2)15(22-3)9-16(23-4)18(17)19/h6-9H,5H2,1-4H3,(H,20,21). The van der Waals surface area contributed by atoms with Gasteiger partial charge in [0.25, 0.3) is 0 Å². The van der Waals surface area contributed by atoms with Crippen LogP contribution in [0.5, 0.6) is 11.5 Å². The topological polar surface area (TPSA) is 47.1 Å². The SMILES string of the molecule is CCc1n[nH]c2cc(-c3c(C)c(OC)cc(OC)c3F)ccc12. The Labute approximate surface area is 134 Å². The molecule has 0 fully saturated rings. The van der Waals surface area contributed by atoms with Crippen molar-refractivity contribution >= 4 is 10.9 Å². The first-order valence-corrected chi connectivity index (χ1v) is 7.49. The fraction of sp³-hybridized carbons (Fsp3) is 0.278. The number of methoxy groups -OCH3 is 2. The molecule has 2 aromatic carbocycles. The molecular formula is C18H19FN2O2. The third kappa shape index (κ3) is 2.42. The summed E-state index contributed by atoms with van der Waals surface area (Å²) in [5, 5.41) is 8.36. The van der Waals surface area contributed by atoms with Gasteiger partial charge in [-0.2, -0.15) is 5.10 Å². The Morgan fingerprint density at radius 3 is 2.52 bits per heavy atom. The summed E-state index contributed by atoms with van der Waals surface area (Å²) in [6, 6.07) is 7.35. The Hall–Kier alpha value is -2.56. The third-order valence-electron chi connectivity index (χ3n) is 4.15. The Morgan fingerprint density at radius 2 is 1.87 bits per heavy atom. The predicted molar refractivity (Wildman–Crippen MR) is 88.7 cm³/mol. The van der Waals surface area contributed by atoms with E-state index in [2.05, 4.69) is 17.1 Å². The van der Waals surface area contributed by atoms with E-state index in [1.807, 2.05) is 25.1 Å². The molecule has 23 heavy (non-hydrogen) atoms. The quantitative estimate of drug-likeness (QED) is 0.783. The number of halogens is 1. The van der Waals surface area contributed by atoms with Crippen LogP contribution < -0.4 is 9.47 Å². The summed E-state index contributed by atoms with van der Waals surface area (Å²) < 4.78 is 25.3. The van der Waals surface area contributed by atoms with Crippen molar-refractivity contribution < 1.29 is 13.9 Å². The average molecular weight is 314 g/mol. The first-order valence-electron chi connectivity index (χ1n) is 7.49. The molecule has 0 atom stereocenters. The minimum atomic E-state index is -0.389. The normalized spacial score (nSPS) is 11.0. The lowest BCUT2D eigenvalue weighted by atomic mass is 9.97. The van der Waals surface area contributed by atoms with Gasteiger partial charge in [0, 0.05) is 22.6 Å². The van der Waals surface area contributed by atoms with Crippen molar-refractivity contribution in [3.63, 3.8) is 0 Å².